The molecule has 3 N–H and O–H groups in total. The number of aryl methyl sites for hydroxylation is 1. The van der Waals surface area contributed by atoms with Crippen LogP contribution < -0.4 is 10.5 Å². The average molecular weight is 428 g/mol. The van der Waals surface area contributed by atoms with Gasteiger partial charge in [-0.1, -0.05) is 26.0 Å². The van der Waals surface area contributed by atoms with Gasteiger partial charge in [-0.25, -0.2) is 4.68 Å². The van der Waals surface area contributed by atoms with E-state index in [0.29, 0.717) is 19.5 Å². The summed E-state index contributed by atoms with van der Waals surface area (Å²) >= 11 is 0. The average Bonchev–Trinajstić information content (AvgIpc) is 3.16. The monoisotopic (exact) mass is 427 g/mol. The minimum Gasteiger partial charge on any atom is -0.396 e. The van der Waals surface area contributed by atoms with Gasteiger partial charge in [0.25, 0.3) is 5.56 Å². The van der Waals surface area contributed by atoms with Gasteiger partial charge in [0.15, 0.2) is 6.04 Å². The Morgan fingerprint density at radius 2 is 1.97 bits per heavy atom. The molecule has 0 aliphatic heterocycles. The van der Waals surface area contributed by atoms with Crippen molar-refractivity contribution in [3.8, 4) is 0 Å². The summed E-state index contributed by atoms with van der Waals surface area (Å²) < 4.78 is 1.88. The Hall–Kier alpha value is -2.58. The van der Waals surface area contributed by atoms with Crippen LogP contribution in [0.1, 0.15) is 64.0 Å². The summed E-state index contributed by atoms with van der Waals surface area (Å²) in [5.41, 5.74) is 2.36. The van der Waals surface area contributed by atoms with Gasteiger partial charge in [0.05, 0.1) is 17.6 Å². The Morgan fingerprint density at radius 3 is 2.61 bits per heavy atom. The second kappa shape index (κ2) is 9.28. The number of quaternary nitrogens is 1. The van der Waals surface area contributed by atoms with Gasteiger partial charge in [0.2, 0.25) is 5.82 Å². The molecule has 8 nitrogen and oxygen atoms in total. The zero-order valence-electron chi connectivity index (χ0n) is 19.4. The first-order chi connectivity index (χ1) is 14.6. The topological polar surface area (TPSA) is 101 Å². The Balaban J connectivity index is 2.03. The summed E-state index contributed by atoms with van der Waals surface area (Å²) in [6, 6.07) is 8.04. The van der Waals surface area contributed by atoms with E-state index in [4.69, 9.17) is 0 Å². The van der Waals surface area contributed by atoms with Crippen molar-refractivity contribution in [3.05, 3.63) is 51.6 Å². The Labute approximate surface area is 183 Å². The highest BCUT2D eigenvalue weighted by molar-refractivity contribution is 5.79. The van der Waals surface area contributed by atoms with E-state index in [0.717, 1.165) is 27.9 Å². The predicted octanol–water partition coefficient (Wildman–Crippen LogP) is 1.74. The van der Waals surface area contributed by atoms with E-state index in [1.165, 1.54) is 4.90 Å². The van der Waals surface area contributed by atoms with Crippen molar-refractivity contribution in [1.29, 1.82) is 0 Å². The molecule has 8 heteroatoms. The van der Waals surface area contributed by atoms with Crippen LogP contribution >= 0.6 is 0 Å². The van der Waals surface area contributed by atoms with E-state index in [1.54, 1.807) is 0 Å². The number of hydrogen-bond acceptors (Lipinski definition) is 5. The number of nitrogens with zero attached hydrogens (tertiary/aromatic N) is 4. The number of H-pyrrole nitrogens is 1. The van der Waals surface area contributed by atoms with Gasteiger partial charge in [0, 0.05) is 24.5 Å². The Bertz CT molecular complexity index is 1080. The highest BCUT2D eigenvalue weighted by atomic mass is 16.3. The van der Waals surface area contributed by atoms with Gasteiger partial charge >= 0.3 is 0 Å². The Morgan fingerprint density at radius 1 is 1.23 bits per heavy atom. The van der Waals surface area contributed by atoms with Crippen LogP contribution in [0, 0.1) is 12.8 Å². The molecule has 0 fully saturated rings. The summed E-state index contributed by atoms with van der Waals surface area (Å²) in [5, 5.41) is 23.1. The molecule has 3 rings (SSSR count). The number of hydrogen-bond donors (Lipinski definition) is 3. The van der Waals surface area contributed by atoms with Crippen LogP contribution in [-0.4, -0.2) is 43.4 Å². The molecule has 0 radical (unpaired) electrons. The molecular formula is C23H35N6O2+. The maximum absolute atomic E-state index is 12.9. The smallest absolute Gasteiger partial charge is 0.257 e. The molecule has 2 aromatic heterocycles. The fourth-order valence-corrected chi connectivity index (χ4v) is 4.21. The van der Waals surface area contributed by atoms with Crippen molar-refractivity contribution in [1.82, 2.24) is 25.2 Å². The molecule has 0 aliphatic rings. The molecule has 2 atom stereocenters. The summed E-state index contributed by atoms with van der Waals surface area (Å²) in [6.07, 6.45) is 0.639. The van der Waals surface area contributed by atoms with Crippen LogP contribution in [-0.2, 0) is 12.1 Å². The van der Waals surface area contributed by atoms with E-state index < -0.39 is 0 Å². The van der Waals surface area contributed by atoms with E-state index in [9.17, 15) is 9.90 Å². The van der Waals surface area contributed by atoms with E-state index >= 15 is 0 Å². The third kappa shape index (κ3) is 5.19. The maximum atomic E-state index is 12.9. The molecule has 0 amide bonds. The first-order valence-corrected chi connectivity index (χ1v) is 11.0. The molecule has 0 bridgehead atoms. The second-order valence-electron chi connectivity index (χ2n) is 9.72. The number of benzene rings is 1. The molecule has 1 aromatic carbocycles. The lowest BCUT2D eigenvalue weighted by atomic mass is 9.98. The van der Waals surface area contributed by atoms with Crippen molar-refractivity contribution in [3.63, 3.8) is 0 Å². The van der Waals surface area contributed by atoms with E-state index in [-0.39, 0.29) is 29.7 Å². The number of aliphatic hydroxyl groups excluding tert-OH is 1. The zero-order chi connectivity index (χ0) is 22.8. The van der Waals surface area contributed by atoms with Gasteiger partial charge in [-0.3, -0.25) is 4.79 Å². The number of tetrazole rings is 1. The van der Waals surface area contributed by atoms with Gasteiger partial charge in [0.1, 0.15) is 6.54 Å². The van der Waals surface area contributed by atoms with Crippen LogP contribution in [0.5, 0.6) is 0 Å². The second-order valence-corrected chi connectivity index (χ2v) is 9.72. The molecule has 168 valence electrons. The summed E-state index contributed by atoms with van der Waals surface area (Å²) in [6.45, 7) is 13.9. The molecule has 1 unspecified atom stereocenters. The summed E-state index contributed by atoms with van der Waals surface area (Å²) in [7, 11) is 0. The van der Waals surface area contributed by atoms with Crippen molar-refractivity contribution in [2.45, 2.75) is 66.1 Å². The first-order valence-electron chi connectivity index (χ1n) is 11.0. The van der Waals surface area contributed by atoms with Crippen LogP contribution in [0.4, 0.5) is 0 Å². The zero-order valence-corrected chi connectivity index (χ0v) is 19.4. The standard InChI is InChI=1S/C23H34N6O2/c1-15(2)20(21-25-26-27-29(21)23(4,5)6)28(10-7-11-30)14-18-13-17-9-8-16(3)12-19(17)24-22(18)31/h8-9,12-13,15,20,30H,7,10-11,14H2,1-6H3,(H,24,31)/p+1/t20-/m1/s1. The van der Waals surface area contributed by atoms with Gasteiger partial charge in [-0.05, 0) is 61.2 Å². The lowest BCUT2D eigenvalue weighted by Gasteiger charge is -2.32. The van der Waals surface area contributed by atoms with Crippen molar-refractivity contribution >= 4 is 10.9 Å². The largest absolute Gasteiger partial charge is 0.396 e. The SMILES string of the molecule is Cc1ccc2cc(C[NH+](CCCO)[C@@H](c3nnnn3C(C)(C)C)C(C)C)c(=O)[nH]c2c1. The highest BCUT2D eigenvalue weighted by Gasteiger charge is 2.35. The quantitative estimate of drug-likeness (QED) is 0.508. The molecule has 3 aromatic rings. The summed E-state index contributed by atoms with van der Waals surface area (Å²) in [5.74, 6) is 1.05. The van der Waals surface area contributed by atoms with Crippen molar-refractivity contribution < 1.29 is 10.0 Å². The number of aliphatic hydroxyl groups is 1. The maximum Gasteiger partial charge on any atom is 0.257 e. The molecule has 2 heterocycles. The first kappa shape index (κ1) is 23.1. The van der Waals surface area contributed by atoms with E-state index in [2.05, 4.69) is 61.2 Å². The molecular weight excluding hydrogens is 392 g/mol. The normalized spacial score (nSPS) is 14.3. The number of aromatic nitrogens is 5. The van der Waals surface area contributed by atoms with Crippen molar-refractivity contribution in [2.24, 2.45) is 5.92 Å². The number of aromatic amines is 1. The van der Waals surface area contributed by atoms with Crippen LogP contribution in [0.3, 0.4) is 0 Å². The van der Waals surface area contributed by atoms with Gasteiger partial charge in [-0.15, -0.1) is 5.10 Å². The number of nitrogens with one attached hydrogen (secondary N) is 2. The fraction of sp³-hybridized carbons (Fsp3) is 0.565. The number of pyridine rings is 1. The lowest BCUT2D eigenvalue weighted by molar-refractivity contribution is -0.950. The number of rotatable bonds is 8. The Kier molecular flexibility index (Phi) is 6.91. The molecule has 0 saturated carbocycles. The van der Waals surface area contributed by atoms with Crippen molar-refractivity contribution in [2.75, 3.05) is 13.2 Å². The van der Waals surface area contributed by atoms with Gasteiger partial charge < -0.3 is 15.0 Å². The predicted molar refractivity (Wildman–Crippen MR) is 121 cm³/mol. The highest BCUT2D eigenvalue weighted by Crippen LogP contribution is 2.22. The van der Waals surface area contributed by atoms with Gasteiger partial charge in [-0.2, -0.15) is 0 Å². The summed E-state index contributed by atoms with van der Waals surface area (Å²) in [4.78, 5) is 17.1. The molecule has 0 spiro atoms. The molecule has 0 saturated heterocycles. The minimum absolute atomic E-state index is 0.0195. The molecule has 31 heavy (non-hydrogen) atoms. The van der Waals surface area contributed by atoms with E-state index in [1.807, 2.05) is 29.8 Å². The third-order valence-corrected chi connectivity index (χ3v) is 5.67. The van der Waals surface area contributed by atoms with Crippen LogP contribution in [0.15, 0.2) is 29.1 Å². The van der Waals surface area contributed by atoms with Crippen LogP contribution in [0.25, 0.3) is 10.9 Å². The lowest BCUT2D eigenvalue weighted by Crippen LogP contribution is -3.12. The number of fused-ring (bicyclic) bond motifs is 1. The van der Waals surface area contributed by atoms with Crippen LogP contribution in [0.2, 0.25) is 0 Å². The minimum atomic E-state index is -0.258. The fourth-order valence-electron chi connectivity index (χ4n) is 4.21. The molecule has 0 aliphatic carbocycles. The third-order valence-electron chi connectivity index (χ3n) is 5.67.